The van der Waals surface area contributed by atoms with Crippen LogP contribution in [0, 0.1) is 19.8 Å². The molecule has 1 aliphatic heterocycles. The predicted molar refractivity (Wildman–Crippen MR) is 82.5 cm³/mol. The molecule has 0 saturated carbocycles. The highest BCUT2D eigenvalue weighted by Crippen LogP contribution is 2.36. The van der Waals surface area contributed by atoms with Crippen molar-refractivity contribution in [3.63, 3.8) is 0 Å². The Morgan fingerprint density at radius 2 is 2.16 bits per heavy atom. The normalized spacial score (nSPS) is 24.1. The van der Waals surface area contributed by atoms with E-state index >= 15 is 0 Å². The molecule has 1 saturated heterocycles. The molecule has 1 aliphatic rings. The molecule has 0 bridgehead atoms. The topological polar surface area (TPSA) is 29.0 Å². The van der Waals surface area contributed by atoms with Gasteiger partial charge in [-0.3, -0.25) is 0 Å². The predicted octanol–water partition coefficient (Wildman–Crippen LogP) is 3.76. The number of hydrogen-bond donors (Lipinski definition) is 0. The summed E-state index contributed by atoms with van der Waals surface area (Å²) in [5.74, 6) is 1.59. The van der Waals surface area contributed by atoms with Gasteiger partial charge < -0.3 is 4.90 Å². The van der Waals surface area contributed by atoms with Crippen LogP contribution in [0.15, 0.2) is 6.33 Å². The smallest absolute Gasteiger partial charge is 0.141 e. The van der Waals surface area contributed by atoms with Gasteiger partial charge in [-0.25, -0.2) is 9.97 Å². The van der Waals surface area contributed by atoms with E-state index in [1.165, 1.54) is 15.8 Å². The SMILES string of the molecule is Cc1sc2ncnc(N3CCC(Cl)C(C)C3)c2c1C. The number of alkyl halides is 1. The summed E-state index contributed by atoms with van der Waals surface area (Å²) < 4.78 is 0. The van der Waals surface area contributed by atoms with Crippen LogP contribution >= 0.6 is 22.9 Å². The maximum Gasteiger partial charge on any atom is 0.141 e. The number of piperidine rings is 1. The Kier molecular flexibility index (Phi) is 3.39. The standard InChI is InChI=1S/C14H18ClN3S/c1-8-6-18(5-4-11(8)15)13-12-9(2)10(3)19-14(12)17-7-16-13/h7-8,11H,4-6H2,1-3H3. The van der Waals surface area contributed by atoms with Crippen molar-refractivity contribution in [3.05, 3.63) is 16.8 Å². The molecule has 0 aromatic carbocycles. The molecule has 0 N–H and O–H groups in total. The summed E-state index contributed by atoms with van der Waals surface area (Å²) in [6.45, 7) is 8.50. The van der Waals surface area contributed by atoms with E-state index in [1.807, 2.05) is 0 Å². The largest absolute Gasteiger partial charge is 0.356 e. The number of hydrogen-bond acceptors (Lipinski definition) is 4. The number of thiophene rings is 1. The second-order valence-electron chi connectivity index (χ2n) is 5.39. The molecule has 3 nitrogen and oxygen atoms in total. The Balaban J connectivity index is 2.05. The zero-order valence-electron chi connectivity index (χ0n) is 11.5. The van der Waals surface area contributed by atoms with Gasteiger partial charge in [0, 0.05) is 23.3 Å². The number of rotatable bonds is 1. The van der Waals surface area contributed by atoms with Crippen LogP contribution in [0.2, 0.25) is 0 Å². The van der Waals surface area contributed by atoms with Crippen molar-refractivity contribution >= 4 is 39.0 Å². The van der Waals surface area contributed by atoms with Crippen molar-refractivity contribution in [1.82, 2.24) is 9.97 Å². The number of halogens is 1. The summed E-state index contributed by atoms with van der Waals surface area (Å²) in [4.78, 5) is 13.7. The first-order valence-electron chi connectivity index (χ1n) is 6.67. The molecule has 0 spiro atoms. The molecule has 2 aromatic heterocycles. The van der Waals surface area contributed by atoms with Gasteiger partial charge in [-0.15, -0.1) is 22.9 Å². The highest BCUT2D eigenvalue weighted by atomic mass is 35.5. The van der Waals surface area contributed by atoms with Crippen LogP contribution in [-0.2, 0) is 0 Å². The Bertz CT molecular complexity index is 610. The van der Waals surface area contributed by atoms with Crippen molar-refractivity contribution in [3.8, 4) is 0 Å². The van der Waals surface area contributed by atoms with E-state index < -0.39 is 0 Å². The van der Waals surface area contributed by atoms with Gasteiger partial charge in [0.1, 0.15) is 17.0 Å². The lowest BCUT2D eigenvalue weighted by molar-refractivity contribution is 0.453. The van der Waals surface area contributed by atoms with Gasteiger partial charge in [0.2, 0.25) is 0 Å². The van der Waals surface area contributed by atoms with E-state index in [2.05, 4.69) is 35.6 Å². The first-order valence-corrected chi connectivity index (χ1v) is 7.93. The molecule has 0 aliphatic carbocycles. The molecule has 2 aromatic rings. The first-order chi connectivity index (χ1) is 9.08. The van der Waals surface area contributed by atoms with Crippen molar-refractivity contribution in [2.45, 2.75) is 32.6 Å². The van der Waals surface area contributed by atoms with Gasteiger partial charge in [-0.2, -0.15) is 0 Å². The summed E-state index contributed by atoms with van der Waals surface area (Å²) >= 11 is 8.07. The molecule has 3 rings (SSSR count). The molecular weight excluding hydrogens is 278 g/mol. The fraction of sp³-hybridized carbons (Fsp3) is 0.571. The zero-order chi connectivity index (χ0) is 13.6. The minimum Gasteiger partial charge on any atom is -0.356 e. The van der Waals surface area contributed by atoms with Gasteiger partial charge in [0.15, 0.2) is 0 Å². The molecule has 2 atom stereocenters. The zero-order valence-corrected chi connectivity index (χ0v) is 13.1. The van der Waals surface area contributed by atoms with E-state index in [0.717, 1.165) is 30.2 Å². The molecule has 2 unspecified atom stereocenters. The van der Waals surface area contributed by atoms with Crippen LogP contribution < -0.4 is 4.90 Å². The van der Waals surface area contributed by atoms with Crippen LogP contribution in [-0.4, -0.2) is 28.4 Å². The molecule has 0 radical (unpaired) electrons. The summed E-state index contributed by atoms with van der Waals surface area (Å²) in [5, 5.41) is 1.52. The van der Waals surface area contributed by atoms with Gasteiger partial charge in [0.25, 0.3) is 0 Å². The quantitative estimate of drug-likeness (QED) is 0.750. The van der Waals surface area contributed by atoms with Crippen LogP contribution in [0.4, 0.5) is 5.82 Å². The lowest BCUT2D eigenvalue weighted by Crippen LogP contribution is -2.40. The third-order valence-electron chi connectivity index (χ3n) is 4.05. The van der Waals surface area contributed by atoms with Gasteiger partial charge in [0.05, 0.1) is 5.39 Å². The first kappa shape index (κ1) is 13.1. The Hall–Kier alpha value is -0.870. The maximum atomic E-state index is 6.32. The monoisotopic (exact) mass is 295 g/mol. The molecular formula is C14H18ClN3S. The lowest BCUT2D eigenvalue weighted by atomic mass is 9.99. The summed E-state index contributed by atoms with van der Waals surface area (Å²) in [7, 11) is 0. The second-order valence-corrected chi connectivity index (χ2v) is 7.15. The molecule has 5 heteroatoms. The number of aryl methyl sites for hydroxylation is 2. The van der Waals surface area contributed by atoms with E-state index in [1.54, 1.807) is 17.7 Å². The second kappa shape index (κ2) is 4.91. The van der Waals surface area contributed by atoms with Crippen LogP contribution in [0.1, 0.15) is 23.8 Å². The average Bonchev–Trinajstić information content (AvgIpc) is 2.69. The Labute approximate surface area is 122 Å². The Morgan fingerprint density at radius 3 is 2.89 bits per heavy atom. The van der Waals surface area contributed by atoms with Crippen molar-refractivity contribution in [2.24, 2.45) is 5.92 Å². The highest BCUT2D eigenvalue weighted by molar-refractivity contribution is 7.18. The van der Waals surface area contributed by atoms with E-state index in [-0.39, 0.29) is 0 Å². The number of aromatic nitrogens is 2. The van der Waals surface area contributed by atoms with Crippen LogP contribution in [0.25, 0.3) is 10.2 Å². The minimum absolute atomic E-state index is 0.291. The highest BCUT2D eigenvalue weighted by Gasteiger charge is 2.27. The number of fused-ring (bicyclic) bond motifs is 1. The maximum absolute atomic E-state index is 6.32. The van der Waals surface area contributed by atoms with Gasteiger partial charge in [-0.1, -0.05) is 6.92 Å². The number of nitrogens with zero attached hydrogens (tertiary/aromatic N) is 3. The number of anilines is 1. The summed E-state index contributed by atoms with van der Waals surface area (Å²) in [5.41, 5.74) is 1.32. The fourth-order valence-corrected chi connectivity index (χ4v) is 3.88. The van der Waals surface area contributed by atoms with E-state index in [0.29, 0.717) is 11.3 Å². The fourth-order valence-electron chi connectivity index (χ4n) is 2.71. The third-order valence-corrected chi connectivity index (χ3v) is 5.81. The summed E-state index contributed by atoms with van der Waals surface area (Å²) in [6.07, 6.45) is 2.71. The summed E-state index contributed by atoms with van der Waals surface area (Å²) in [6, 6.07) is 0. The van der Waals surface area contributed by atoms with Crippen LogP contribution in [0.3, 0.4) is 0 Å². The van der Waals surface area contributed by atoms with Crippen molar-refractivity contribution in [1.29, 1.82) is 0 Å². The molecule has 3 heterocycles. The molecule has 19 heavy (non-hydrogen) atoms. The van der Waals surface area contributed by atoms with E-state index in [4.69, 9.17) is 11.6 Å². The molecule has 0 amide bonds. The Morgan fingerprint density at radius 1 is 1.37 bits per heavy atom. The van der Waals surface area contributed by atoms with E-state index in [9.17, 15) is 0 Å². The van der Waals surface area contributed by atoms with Crippen LogP contribution in [0.5, 0.6) is 0 Å². The molecule has 1 fully saturated rings. The lowest BCUT2D eigenvalue weighted by Gasteiger charge is -2.35. The van der Waals surface area contributed by atoms with Crippen molar-refractivity contribution < 1.29 is 0 Å². The molecule has 102 valence electrons. The average molecular weight is 296 g/mol. The van der Waals surface area contributed by atoms with Crippen molar-refractivity contribution in [2.75, 3.05) is 18.0 Å². The van der Waals surface area contributed by atoms with Gasteiger partial charge in [-0.05, 0) is 31.7 Å². The minimum atomic E-state index is 0.291. The third kappa shape index (κ3) is 2.21. The van der Waals surface area contributed by atoms with Gasteiger partial charge >= 0.3 is 0 Å².